The van der Waals surface area contributed by atoms with Crippen LogP contribution in [0.3, 0.4) is 0 Å². The van der Waals surface area contributed by atoms with E-state index in [-0.39, 0.29) is 17.4 Å². The van der Waals surface area contributed by atoms with Gasteiger partial charge in [-0.25, -0.2) is 9.97 Å². The molecule has 36 heavy (non-hydrogen) atoms. The van der Waals surface area contributed by atoms with Crippen LogP contribution in [-0.2, 0) is 17.9 Å². The third kappa shape index (κ3) is 5.11. The molecule has 5 rings (SSSR count). The Hall–Kier alpha value is -3.71. The Bertz CT molecular complexity index is 1450. The summed E-state index contributed by atoms with van der Waals surface area (Å²) in [7, 11) is 0. The van der Waals surface area contributed by atoms with E-state index in [1.54, 1.807) is 10.8 Å². The fraction of sp³-hybridized carbons (Fsp3) is 0.286. The second-order valence-corrected chi connectivity index (χ2v) is 9.66. The number of nitrogens with one attached hydrogen (secondary N) is 1. The molecule has 1 saturated heterocycles. The van der Waals surface area contributed by atoms with Gasteiger partial charge in [0.05, 0.1) is 12.5 Å². The van der Waals surface area contributed by atoms with Crippen LogP contribution >= 0.6 is 11.6 Å². The van der Waals surface area contributed by atoms with Gasteiger partial charge in [0.15, 0.2) is 11.5 Å². The monoisotopic (exact) mass is 501 g/mol. The molecule has 0 radical (unpaired) electrons. The number of pyridine rings is 1. The van der Waals surface area contributed by atoms with Crippen LogP contribution in [0.15, 0.2) is 71.7 Å². The number of hydrogen-bond donors (Lipinski definition) is 1. The van der Waals surface area contributed by atoms with Crippen LogP contribution in [0.1, 0.15) is 29.5 Å². The van der Waals surface area contributed by atoms with Gasteiger partial charge >= 0.3 is 0 Å². The number of halogens is 1. The van der Waals surface area contributed by atoms with Crippen LogP contribution in [0.5, 0.6) is 0 Å². The van der Waals surface area contributed by atoms with Gasteiger partial charge in [-0.05, 0) is 49.1 Å². The number of aryl methyl sites for hydroxylation is 1. The molecular formula is C28H28ClN5O2. The number of aromatic nitrogens is 3. The minimum absolute atomic E-state index is 0.0398. The Kier molecular flexibility index (Phi) is 7.00. The number of piperidine rings is 1. The Morgan fingerprint density at radius 1 is 1.11 bits per heavy atom. The highest BCUT2D eigenvalue weighted by Gasteiger charge is 2.29. The predicted octanol–water partition coefficient (Wildman–Crippen LogP) is 4.33. The molecule has 0 bridgehead atoms. The zero-order chi connectivity index (χ0) is 25.1. The predicted molar refractivity (Wildman–Crippen MR) is 142 cm³/mol. The van der Waals surface area contributed by atoms with Crippen LogP contribution in [0.2, 0.25) is 5.02 Å². The first-order chi connectivity index (χ1) is 17.5. The van der Waals surface area contributed by atoms with Crippen molar-refractivity contribution in [2.75, 3.05) is 18.0 Å². The average molecular weight is 502 g/mol. The van der Waals surface area contributed by atoms with Gasteiger partial charge < -0.3 is 10.2 Å². The molecule has 3 heterocycles. The molecule has 2 aromatic carbocycles. The molecule has 1 fully saturated rings. The highest BCUT2D eigenvalue weighted by atomic mass is 35.5. The summed E-state index contributed by atoms with van der Waals surface area (Å²) < 4.78 is 1.68. The number of carbonyl (C=O) groups is 1. The van der Waals surface area contributed by atoms with Crippen molar-refractivity contribution >= 4 is 34.5 Å². The largest absolute Gasteiger partial charge is 0.352 e. The van der Waals surface area contributed by atoms with E-state index < -0.39 is 0 Å². The van der Waals surface area contributed by atoms with E-state index in [1.807, 2.05) is 72.5 Å². The molecule has 0 saturated carbocycles. The zero-order valence-corrected chi connectivity index (χ0v) is 20.9. The maximum absolute atomic E-state index is 13.7. The summed E-state index contributed by atoms with van der Waals surface area (Å²) in [4.78, 5) is 37.8. The molecular weight excluding hydrogens is 474 g/mol. The Morgan fingerprint density at radius 2 is 1.92 bits per heavy atom. The molecule has 1 N–H and O–H groups in total. The summed E-state index contributed by atoms with van der Waals surface area (Å²) >= 11 is 6.23. The number of nitrogens with zero attached hydrogens (tertiary/aromatic N) is 4. The summed E-state index contributed by atoms with van der Waals surface area (Å²) in [5.41, 5.74) is 4.07. The third-order valence-electron chi connectivity index (χ3n) is 6.65. The molecule has 1 amide bonds. The molecule has 4 aromatic rings. The Labute approximate surface area is 214 Å². The van der Waals surface area contributed by atoms with Gasteiger partial charge in [-0.3, -0.25) is 14.2 Å². The first-order valence-electron chi connectivity index (χ1n) is 12.2. The van der Waals surface area contributed by atoms with Crippen molar-refractivity contribution in [3.63, 3.8) is 0 Å². The van der Waals surface area contributed by atoms with E-state index >= 15 is 0 Å². The minimum atomic E-state index is -0.238. The normalized spacial score (nSPS) is 15.7. The molecule has 0 aliphatic carbocycles. The smallest absolute Gasteiger partial charge is 0.295 e. The van der Waals surface area contributed by atoms with Crippen LogP contribution in [0, 0.1) is 12.8 Å². The fourth-order valence-electron chi connectivity index (χ4n) is 4.64. The highest BCUT2D eigenvalue weighted by Crippen LogP contribution is 2.22. The van der Waals surface area contributed by atoms with Crippen LogP contribution in [-0.4, -0.2) is 33.5 Å². The van der Waals surface area contributed by atoms with Crippen molar-refractivity contribution < 1.29 is 4.79 Å². The Balaban J connectivity index is 1.40. The lowest BCUT2D eigenvalue weighted by molar-refractivity contribution is -0.125. The minimum Gasteiger partial charge on any atom is -0.352 e. The molecule has 1 aliphatic heterocycles. The lowest BCUT2D eigenvalue weighted by Gasteiger charge is -2.32. The van der Waals surface area contributed by atoms with Gasteiger partial charge in [0, 0.05) is 30.9 Å². The SMILES string of the molecule is Cc1ccc(Cn2c(=O)c(N3CCC[C@@H](C(=O)NCc4ccccc4Cl)C3)nc3cccnc32)cc1. The van der Waals surface area contributed by atoms with Crippen molar-refractivity contribution in [1.29, 1.82) is 0 Å². The quantitative estimate of drug-likeness (QED) is 0.425. The van der Waals surface area contributed by atoms with Gasteiger partial charge in [0.25, 0.3) is 5.56 Å². The van der Waals surface area contributed by atoms with Crippen LogP contribution in [0.25, 0.3) is 11.2 Å². The molecule has 7 nitrogen and oxygen atoms in total. The van der Waals surface area contributed by atoms with Crippen LogP contribution < -0.4 is 15.8 Å². The summed E-state index contributed by atoms with van der Waals surface area (Å²) in [5.74, 6) is 0.0888. The van der Waals surface area contributed by atoms with E-state index in [2.05, 4.69) is 10.3 Å². The first-order valence-corrected chi connectivity index (χ1v) is 12.5. The maximum Gasteiger partial charge on any atom is 0.295 e. The van der Waals surface area contributed by atoms with Gasteiger partial charge in [0.1, 0.15) is 5.52 Å². The molecule has 1 atom stereocenters. The maximum atomic E-state index is 13.7. The van der Waals surface area contributed by atoms with E-state index in [0.29, 0.717) is 48.2 Å². The van der Waals surface area contributed by atoms with E-state index in [1.165, 1.54) is 0 Å². The number of benzene rings is 2. The standard InChI is InChI=1S/C28H28ClN5O2/c1-19-10-12-20(13-11-19)17-34-25-24(9-4-14-30-25)32-26(28(34)36)33-15-5-7-22(18-33)27(35)31-16-21-6-2-3-8-23(21)29/h2-4,6,8-14,22H,5,7,15-18H2,1H3,(H,31,35)/t22-/m1/s1. The second kappa shape index (κ2) is 10.5. The molecule has 2 aromatic heterocycles. The van der Waals surface area contributed by atoms with Crippen molar-refractivity contribution in [3.8, 4) is 0 Å². The number of fused-ring (bicyclic) bond motifs is 1. The molecule has 8 heteroatoms. The topological polar surface area (TPSA) is 80.1 Å². The van der Waals surface area contributed by atoms with Gasteiger partial charge in [-0.15, -0.1) is 0 Å². The first kappa shape index (κ1) is 24.0. The van der Waals surface area contributed by atoms with Crippen molar-refractivity contribution in [1.82, 2.24) is 19.9 Å². The molecule has 184 valence electrons. The highest BCUT2D eigenvalue weighted by molar-refractivity contribution is 6.31. The summed E-state index contributed by atoms with van der Waals surface area (Å²) in [6.07, 6.45) is 3.24. The number of rotatable bonds is 6. The summed E-state index contributed by atoms with van der Waals surface area (Å²) in [6.45, 7) is 3.92. The van der Waals surface area contributed by atoms with Crippen molar-refractivity contribution in [2.45, 2.75) is 32.9 Å². The van der Waals surface area contributed by atoms with Crippen molar-refractivity contribution in [2.24, 2.45) is 5.92 Å². The number of hydrogen-bond acceptors (Lipinski definition) is 5. The molecule has 0 spiro atoms. The van der Waals surface area contributed by atoms with Crippen LogP contribution in [0.4, 0.5) is 5.82 Å². The summed E-state index contributed by atoms with van der Waals surface area (Å²) in [5, 5.41) is 3.64. The summed E-state index contributed by atoms with van der Waals surface area (Å²) in [6, 6.07) is 19.3. The third-order valence-corrected chi connectivity index (χ3v) is 7.02. The number of amides is 1. The number of anilines is 1. The Morgan fingerprint density at radius 3 is 2.72 bits per heavy atom. The lowest BCUT2D eigenvalue weighted by atomic mass is 9.97. The molecule has 1 aliphatic rings. The van der Waals surface area contributed by atoms with E-state index in [0.717, 1.165) is 29.5 Å². The molecule has 0 unspecified atom stereocenters. The average Bonchev–Trinajstić information content (AvgIpc) is 2.90. The van der Waals surface area contributed by atoms with Gasteiger partial charge in [-0.1, -0.05) is 59.6 Å². The zero-order valence-electron chi connectivity index (χ0n) is 20.2. The fourth-order valence-corrected chi connectivity index (χ4v) is 4.85. The second-order valence-electron chi connectivity index (χ2n) is 9.25. The number of carbonyl (C=O) groups excluding carboxylic acids is 1. The lowest BCUT2D eigenvalue weighted by Crippen LogP contribution is -2.45. The van der Waals surface area contributed by atoms with Gasteiger partial charge in [-0.2, -0.15) is 0 Å². The van der Waals surface area contributed by atoms with Crippen molar-refractivity contribution in [3.05, 3.63) is 98.9 Å². The van der Waals surface area contributed by atoms with Gasteiger partial charge in [0.2, 0.25) is 5.91 Å². The van der Waals surface area contributed by atoms with E-state index in [4.69, 9.17) is 16.6 Å². The van der Waals surface area contributed by atoms with E-state index in [9.17, 15) is 9.59 Å².